The Morgan fingerprint density at radius 3 is 2.88 bits per heavy atom. The van der Waals surface area contributed by atoms with Crippen LogP contribution in [0.1, 0.15) is 35.0 Å². The lowest BCUT2D eigenvalue weighted by molar-refractivity contribution is 0.197. The molecule has 0 radical (unpaired) electrons. The third kappa shape index (κ3) is 3.91. The van der Waals surface area contributed by atoms with Crippen LogP contribution in [0, 0.1) is 6.92 Å². The molecule has 1 aliphatic rings. The number of nitrogens with zero attached hydrogens (tertiary/aromatic N) is 6. The first-order valence-electron chi connectivity index (χ1n) is 8.87. The number of hydrogen-bond acceptors (Lipinski definition) is 7. The van der Waals surface area contributed by atoms with Gasteiger partial charge in [0.25, 0.3) is 0 Å². The van der Waals surface area contributed by atoms with Crippen LogP contribution in [-0.4, -0.2) is 42.5 Å². The topological polar surface area (TPSA) is 71.8 Å². The average Bonchev–Trinajstić information content (AvgIpc) is 3.24. The number of hydrogen-bond donors (Lipinski definition) is 1. The summed E-state index contributed by atoms with van der Waals surface area (Å²) >= 11 is 1.63. The maximum atomic E-state index is 4.66. The Bertz CT molecular complexity index is 872. The lowest BCUT2D eigenvalue weighted by Crippen LogP contribution is -2.34. The van der Waals surface area contributed by atoms with E-state index in [-0.39, 0.29) is 0 Å². The van der Waals surface area contributed by atoms with E-state index in [1.165, 1.54) is 4.88 Å². The number of anilines is 2. The molecule has 1 fully saturated rings. The van der Waals surface area contributed by atoms with Crippen LogP contribution >= 0.6 is 11.3 Å². The van der Waals surface area contributed by atoms with Crippen LogP contribution < -0.4 is 5.32 Å². The van der Waals surface area contributed by atoms with Gasteiger partial charge in [-0.3, -0.25) is 9.88 Å². The molecule has 3 aromatic heterocycles. The van der Waals surface area contributed by atoms with Crippen molar-refractivity contribution in [2.75, 3.05) is 18.4 Å². The molecule has 1 N–H and O–H groups in total. The molecule has 0 aliphatic carbocycles. The van der Waals surface area contributed by atoms with E-state index < -0.39 is 0 Å². The SMILES string of the molecule is Cc1cnc(Nc2nccnc2[C@@H]2CCCN(Cc3cn(C)cn3)C2)s1. The fourth-order valence-corrected chi connectivity index (χ4v) is 4.12. The highest BCUT2D eigenvalue weighted by molar-refractivity contribution is 7.15. The Morgan fingerprint density at radius 1 is 1.23 bits per heavy atom. The number of imidazole rings is 1. The highest BCUT2D eigenvalue weighted by atomic mass is 32.1. The second kappa shape index (κ2) is 7.51. The Hall–Kier alpha value is -2.32. The summed E-state index contributed by atoms with van der Waals surface area (Å²) in [5.74, 6) is 1.19. The molecule has 0 bridgehead atoms. The number of likely N-dealkylation sites (tertiary alicyclic amines) is 1. The zero-order chi connectivity index (χ0) is 17.9. The van der Waals surface area contributed by atoms with Crippen LogP contribution in [-0.2, 0) is 13.6 Å². The molecular weight excluding hydrogens is 346 g/mol. The molecule has 0 saturated carbocycles. The van der Waals surface area contributed by atoms with Gasteiger partial charge in [-0.1, -0.05) is 0 Å². The monoisotopic (exact) mass is 369 g/mol. The minimum atomic E-state index is 0.365. The van der Waals surface area contributed by atoms with Crippen LogP contribution in [0.2, 0.25) is 0 Å². The first-order valence-corrected chi connectivity index (χ1v) is 9.68. The van der Waals surface area contributed by atoms with Crippen LogP contribution in [0.25, 0.3) is 0 Å². The molecule has 26 heavy (non-hydrogen) atoms. The molecule has 1 atom stereocenters. The van der Waals surface area contributed by atoms with E-state index in [4.69, 9.17) is 0 Å². The highest BCUT2D eigenvalue weighted by Crippen LogP contribution is 2.31. The van der Waals surface area contributed by atoms with Gasteiger partial charge in [0.2, 0.25) is 0 Å². The van der Waals surface area contributed by atoms with Gasteiger partial charge in [0.1, 0.15) is 0 Å². The summed E-state index contributed by atoms with van der Waals surface area (Å²) in [5.41, 5.74) is 2.15. The van der Waals surface area contributed by atoms with Crippen LogP contribution in [0.15, 0.2) is 31.1 Å². The van der Waals surface area contributed by atoms with Gasteiger partial charge in [-0.2, -0.15) is 0 Å². The largest absolute Gasteiger partial charge is 0.340 e. The van der Waals surface area contributed by atoms with Gasteiger partial charge >= 0.3 is 0 Å². The molecule has 8 heteroatoms. The Balaban J connectivity index is 1.49. The van der Waals surface area contributed by atoms with Crippen molar-refractivity contribution in [3.8, 4) is 0 Å². The quantitative estimate of drug-likeness (QED) is 0.745. The number of aryl methyl sites for hydroxylation is 2. The molecular formula is C18H23N7S. The molecule has 0 aromatic carbocycles. The molecule has 1 aliphatic heterocycles. The highest BCUT2D eigenvalue weighted by Gasteiger charge is 2.25. The summed E-state index contributed by atoms with van der Waals surface area (Å²) in [6, 6.07) is 0. The van der Waals surface area contributed by atoms with Gasteiger partial charge in [-0.15, -0.1) is 11.3 Å². The molecule has 136 valence electrons. The predicted molar refractivity (Wildman–Crippen MR) is 103 cm³/mol. The lowest BCUT2D eigenvalue weighted by atomic mass is 9.94. The van der Waals surface area contributed by atoms with E-state index in [9.17, 15) is 0 Å². The van der Waals surface area contributed by atoms with Gasteiger partial charge in [0.15, 0.2) is 10.9 Å². The maximum Gasteiger partial charge on any atom is 0.188 e. The van der Waals surface area contributed by atoms with Gasteiger partial charge in [0.05, 0.1) is 17.7 Å². The minimum Gasteiger partial charge on any atom is -0.340 e. The van der Waals surface area contributed by atoms with Crippen molar-refractivity contribution >= 4 is 22.3 Å². The maximum absolute atomic E-state index is 4.66. The first-order chi connectivity index (χ1) is 12.7. The second-order valence-corrected chi connectivity index (χ2v) is 8.03. The number of aromatic nitrogens is 5. The van der Waals surface area contributed by atoms with Crippen LogP contribution in [0.4, 0.5) is 10.9 Å². The molecule has 0 spiro atoms. The van der Waals surface area contributed by atoms with E-state index in [0.29, 0.717) is 5.92 Å². The van der Waals surface area contributed by atoms with Gasteiger partial charge in [-0.05, 0) is 26.3 Å². The summed E-state index contributed by atoms with van der Waals surface area (Å²) in [6.07, 6.45) is 11.6. The first kappa shape index (κ1) is 17.1. The predicted octanol–water partition coefficient (Wildman–Crippen LogP) is 3.10. The lowest BCUT2D eigenvalue weighted by Gasteiger charge is -2.32. The van der Waals surface area contributed by atoms with Gasteiger partial charge in [-0.25, -0.2) is 15.0 Å². The average molecular weight is 369 g/mol. The van der Waals surface area contributed by atoms with E-state index in [1.807, 2.05) is 24.1 Å². The van der Waals surface area contributed by atoms with E-state index in [0.717, 1.165) is 54.8 Å². The fraction of sp³-hybridized carbons (Fsp3) is 0.444. The molecule has 3 aromatic rings. The Labute approximate surface area is 157 Å². The molecule has 7 nitrogen and oxygen atoms in total. The number of nitrogens with one attached hydrogen (secondary N) is 1. The van der Waals surface area contributed by atoms with Crippen LogP contribution in [0.3, 0.4) is 0 Å². The summed E-state index contributed by atoms with van der Waals surface area (Å²) in [5, 5.41) is 4.22. The molecule has 0 unspecified atom stereocenters. The van der Waals surface area contributed by atoms with Gasteiger partial charge < -0.3 is 9.88 Å². The summed E-state index contributed by atoms with van der Waals surface area (Å²) in [4.78, 5) is 21.7. The number of thiazole rings is 1. The molecule has 0 amide bonds. The number of rotatable bonds is 5. The fourth-order valence-electron chi connectivity index (χ4n) is 3.46. The standard InChI is InChI=1S/C18H23N7S/c1-13-8-21-18(26-13)23-17-16(19-5-6-20-17)14-4-3-7-25(9-14)11-15-10-24(2)12-22-15/h5-6,8,10,12,14H,3-4,7,9,11H2,1-2H3,(H,20,21,23)/t14-/m1/s1. The van der Waals surface area contributed by atoms with Gasteiger partial charge in [0, 0.05) is 55.7 Å². The second-order valence-electron chi connectivity index (χ2n) is 6.80. The third-order valence-corrected chi connectivity index (χ3v) is 5.44. The van der Waals surface area contributed by atoms with E-state index in [2.05, 4.69) is 43.3 Å². The number of piperidine rings is 1. The van der Waals surface area contributed by atoms with Crippen LogP contribution in [0.5, 0.6) is 0 Å². The summed E-state index contributed by atoms with van der Waals surface area (Å²) in [7, 11) is 2.01. The van der Waals surface area contributed by atoms with Crippen molar-refractivity contribution in [1.29, 1.82) is 0 Å². The smallest absolute Gasteiger partial charge is 0.188 e. The Kier molecular flexibility index (Phi) is 4.94. The summed E-state index contributed by atoms with van der Waals surface area (Å²) in [6.45, 7) is 5.01. The zero-order valence-electron chi connectivity index (χ0n) is 15.1. The van der Waals surface area contributed by atoms with Crippen molar-refractivity contribution in [2.24, 2.45) is 7.05 Å². The third-order valence-electron chi connectivity index (χ3n) is 4.61. The summed E-state index contributed by atoms with van der Waals surface area (Å²) < 4.78 is 2.00. The van der Waals surface area contributed by atoms with Crippen molar-refractivity contribution in [3.63, 3.8) is 0 Å². The zero-order valence-corrected chi connectivity index (χ0v) is 15.9. The Morgan fingerprint density at radius 2 is 2.12 bits per heavy atom. The molecule has 4 rings (SSSR count). The molecule has 1 saturated heterocycles. The van der Waals surface area contributed by atoms with Crippen molar-refractivity contribution < 1.29 is 0 Å². The van der Waals surface area contributed by atoms with Crippen molar-refractivity contribution in [1.82, 2.24) is 29.4 Å². The van der Waals surface area contributed by atoms with E-state index in [1.54, 1.807) is 23.7 Å². The molecule has 4 heterocycles. The minimum absolute atomic E-state index is 0.365. The van der Waals surface area contributed by atoms with Crippen molar-refractivity contribution in [3.05, 3.63) is 47.4 Å². The van der Waals surface area contributed by atoms with Crippen molar-refractivity contribution in [2.45, 2.75) is 32.2 Å². The normalized spacial score (nSPS) is 18.2. The van der Waals surface area contributed by atoms with E-state index >= 15 is 0 Å².